The average molecular weight is 268 g/mol. The van der Waals surface area contributed by atoms with Crippen LogP contribution in [0.1, 0.15) is 21.5 Å². The van der Waals surface area contributed by atoms with E-state index in [4.69, 9.17) is 4.74 Å². The van der Waals surface area contributed by atoms with Crippen molar-refractivity contribution in [2.75, 3.05) is 10.6 Å². The Balaban J connectivity index is 1.79. The van der Waals surface area contributed by atoms with Gasteiger partial charge >= 0.3 is 5.97 Å². The second-order valence-corrected chi connectivity index (χ2v) is 4.99. The molecule has 4 nitrogen and oxygen atoms in total. The summed E-state index contributed by atoms with van der Waals surface area (Å²) in [7, 11) is 0. The number of carbonyl (C=O) groups excluding carboxylic acids is 1. The minimum absolute atomic E-state index is 0.313. The van der Waals surface area contributed by atoms with Gasteiger partial charge in [-0.3, -0.25) is 0 Å². The van der Waals surface area contributed by atoms with Crippen molar-refractivity contribution in [1.82, 2.24) is 0 Å². The lowest BCUT2D eigenvalue weighted by molar-refractivity contribution is 0.0385. The van der Waals surface area contributed by atoms with Crippen LogP contribution in [0.2, 0.25) is 0 Å². The summed E-state index contributed by atoms with van der Waals surface area (Å²) < 4.78 is 5.34. The minimum atomic E-state index is -0.555. The van der Waals surface area contributed by atoms with Crippen LogP contribution in [0.15, 0.2) is 42.5 Å². The molecule has 2 aromatic carbocycles. The Morgan fingerprint density at radius 1 is 1.05 bits per heavy atom. The highest BCUT2D eigenvalue weighted by Gasteiger charge is 2.25. The van der Waals surface area contributed by atoms with Crippen molar-refractivity contribution >= 4 is 17.3 Å². The zero-order valence-corrected chi connectivity index (χ0v) is 11.4. The average Bonchev–Trinajstić information content (AvgIpc) is 2.42. The van der Waals surface area contributed by atoms with Crippen LogP contribution < -0.4 is 10.6 Å². The molecule has 0 radical (unpaired) electrons. The van der Waals surface area contributed by atoms with Crippen LogP contribution in [0.5, 0.6) is 0 Å². The molecule has 0 saturated carbocycles. The van der Waals surface area contributed by atoms with E-state index in [0.29, 0.717) is 5.56 Å². The molecule has 1 heterocycles. The number of benzene rings is 2. The Bertz CT molecular complexity index is 650. The Hall–Kier alpha value is -2.49. The lowest BCUT2D eigenvalue weighted by Crippen LogP contribution is -2.38. The first-order chi connectivity index (χ1) is 9.61. The van der Waals surface area contributed by atoms with Gasteiger partial charge in [0.05, 0.1) is 11.3 Å². The van der Waals surface area contributed by atoms with Crippen molar-refractivity contribution < 1.29 is 9.53 Å². The number of carbonyl (C=O) groups is 1. The molecule has 0 aromatic heterocycles. The largest absolute Gasteiger partial charge is 0.419 e. The van der Waals surface area contributed by atoms with Crippen molar-refractivity contribution in [3.8, 4) is 0 Å². The van der Waals surface area contributed by atoms with E-state index in [-0.39, 0.29) is 5.97 Å². The summed E-state index contributed by atoms with van der Waals surface area (Å²) in [4.78, 5) is 12.0. The summed E-state index contributed by atoms with van der Waals surface area (Å²) in [6, 6.07) is 13.6. The highest BCUT2D eigenvalue weighted by Crippen LogP contribution is 2.25. The van der Waals surface area contributed by atoms with Gasteiger partial charge in [0.15, 0.2) is 0 Å². The molecule has 102 valence electrons. The molecule has 4 heteroatoms. The maximum Gasteiger partial charge on any atom is 0.343 e. The van der Waals surface area contributed by atoms with Crippen LogP contribution in [-0.2, 0) is 4.74 Å². The molecule has 1 aliphatic rings. The number of esters is 1. The molecule has 0 bridgehead atoms. The first-order valence-corrected chi connectivity index (χ1v) is 6.53. The standard InChI is InChI=1S/C16H16N2O2/c1-10-3-6-12(7-4-10)17-16-18-14-8-5-11(2)9-13(14)15(19)20-16/h3-9,16-18H,1-2H3/t16-/m0/s1. The molecule has 0 fully saturated rings. The lowest BCUT2D eigenvalue weighted by atomic mass is 10.1. The second kappa shape index (κ2) is 4.89. The Morgan fingerprint density at radius 2 is 1.75 bits per heavy atom. The topological polar surface area (TPSA) is 50.4 Å². The highest BCUT2D eigenvalue weighted by atomic mass is 16.6. The van der Waals surface area contributed by atoms with Crippen LogP contribution in [0, 0.1) is 13.8 Å². The monoisotopic (exact) mass is 268 g/mol. The quantitative estimate of drug-likeness (QED) is 0.821. The Morgan fingerprint density at radius 3 is 2.50 bits per heavy atom. The van der Waals surface area contributed by atoms with E-state index in [2.05, 4.69) is 10.6 Å². The van der Waals surface area contributed by atoms with Crippen LogP contribution in [0.25, 0.3) is 0 Å². The molecule has 0 saturated heterocycles. The van der Waals surface area contributed by atoms with Gasteiger partial charge in [-0.25, -0.2) is 4.79 Å². The van der Waals surface area contributed by atoms with E-state index >= 15 is 0 Å². The number of cyclic esters (lactones) is 1. The summed E-state index contributed by atoms with van der Waals surface area (Å²) in [6.07, 6.45) is -0.555. The van der Waals surface area contributed by atoms with Gasteiger partial charge in [0.25, 0.3) is 6.35 Å². The number of rotatable bonds is 2. The van der Waals surface area contributed by atoms with Gasteiger partial charge in [-0.1, -0.05) is 29.3 Å². The van der Waals surface area contributed by atoms with Gasteiger partial charge in [0.2, 0.25) is 0 Å². The molecular weight excluding hydrogens is 252 g/mol. The van der Waals surface area contributed by atoms with Crippen molar-refractivity contribution in [3.63, 3.8) is 0 Å². The van der Waals surface area contributed by atoms with E-state index in [0.717, 1.165) is 16.9 Å². The van der Waals surface area contributed by atoms with Gasteiger partial charge in [0, 0.05) is 5.69 Å². The van der Waals surface area contributed by atoms with Gasteiger partial charge in [-0.15, -0.1) is 0 Å². The van der Waals surface area contributed by atoms with E-state index in [1.165, 1.54) is 5.56 Å². The number of hydrogen-bond donors (Lipinski definition) is 2. The minimum Gasteiger partial charge on any atom is -0.419 e. The summed E-state index contributed by atoms with van der Waals surface area (Å²) in [6.45, 7) is 3.98. The van der Waals surface area contributed by atoms with E-state index < -0.39 is 6.35 Å². The third kappa shape index (κ3) is 2.45. The second-order valence-electron chi connectivity index (χ2n) is 4.99. The normalized spacial score (nSPS) is 16.9. The fourth-order valence-corrected chi connectivity index (χ4v) is 2.16. The summed E-state index contributed by atoms with van der Waals surface area (Å²) in [5.41, 5.74) is 4.48. The van der Waals surface area contributed by atoms with E-state index in [1.807, 2.05) is 56.3 Å². The summed E-state index contributed by atoms with van der Waals surface area (Å²) in [5, 5.41) is 6.30. The van der Waals surface area contributed by atoms with Crippen molar-refractivity contribution in [1.29, 1.82) is 0 Å². The molecule has 20 heavy (non-hydrogen) atoms. The predicted molar refractivity (Wildman–Crippen MR) is 78.8 cm³/mol. The highest BCUT2D eigenvalue weighted by molar-refractivity contribution is 5.97. The van der Waals surface area contributed by atoms with E-state index in [1.54, 1.807) is 0 Å². The molecule has 0 aliphatic carbocycles. The first kappa shape index (κ1) is 12.5. The van der Waals surface area contributed by atoms with Crippen LogP contribution in [0.4, 0.5) is 11.4 Å². The predicted octanol–water partition coefficient (Wildman–Crippen LogP) is 3.28. The third-order valence-electron chi connectivity index (χ3n) is 3.26. The molecular formula is C16H16N2O2. The number of fused-ring (bicyclic) bond motifs is 1. The molecule has 0 spiro atoms. The molecule has 0 unspecified atom stereocenters. The van der Waals surface area contributed by atoms with Crippen molar-refractivity contribution in [2.24, 2.45) is 0 Å². The maximum atomic E-state index is 12.0. The molecule has 1 atom stereocenters. The number of anilines is 2. The zero-order valence-electron chi connectivity index (χ0n) is 11.4. The molecule has 3 rings (SSSR count). The number of ether oxygens (including phenoxy) is 1. The van der Waals surface area contributed by atoms with Crippen molar-refractivity contribution in [2.45, 2.75) is 20.2 Å². The number of aryl methyl sites for hydroxylation is 2. The van der Waals surface area contributed by atoms with Crippen molar-refractivity contribution in [3.05, 3.63) is 59.2 Å². The van der Waals surface area contributed by atoms with E-state index in [9.17, 15) is 4.79 Å². The van der Waals surface area contributed by atoms with Gasteiger partial charge in [-0.05, 0) is 38.1 Å². The molecule has 2 N–H and O–H groups in total. The fourth-order valence-electron chi connectivity index (χ4n) is 2.16. The van der Waals surface area contributed by atoms with Gasteiger partial charge in [0.1, 0.15) is 0 Å². The van der Waals surface area contributed by atoms with Crippen LogP contribution in [-0.4, -0.2) is 12.3 Å². The van der Waals surface area contributed by atoms with Gasteiger partial charge in [-0.2, -0.15) is 0 Å². The number of hydrogen-bond acceptors (Lipinski definition) is 4. The molecule has 1 aliphatic heterocycles. The molecule has 0 amide bonds. The molecule has 2 aromatic rings. The zero-order chi connectivity index (χ0) is 14.1. The van der Waals surface area contributed by atoms with Gasteiger partial charge < -0.3 is 15.4 Å². The Kier molecular flexibility index (Phi) is 3.06. The summed E-state index contributed by atoms with van der Waals surface area (Å²) >= 11 is 0. The maximum absolute atomic E-state index is 12.0. The van der Waals surface area contributed by atoms with Crippen LogP contribution >= 0.6 is 0 Å². The number of nitrogens with one attached hydrogen (secondary N) is 2. The Labute approximate surface area is 117 Å². The van der Waals surface area contributed by atoms with Crippen LogP contribution in [0.3, 0.4) is 0 Å². The smallest absolute Gasteiger partial charge is 0.343 e. The lowest BCUT2D eigenvalue weighted by Gasteiger charge is -2.28. The first-order valence-electron chi connectivity index (χ1n) is 6.53. The SMILES string of the molecule is Cc1ccc(N[C@H]2Nc3ccc(C)cc3C(=O)O2)cc1. The third-order valence-corrected chi connectivity index (χ3v) is 3.26. The fraction of sp³-hybridized carbons (Fsp3) is 0.188. The summed E-state index contributed by atoms with van der Waals surface area (Å²) in [5.74, 6) is -0.313.